The van der Waals surface area contributed by atoms with E-state index in [9.17, 15) is 0 Å². The first-order valence-corrected chi connectivity index (χ1v) is 4.67. The van der Waals surface area contributed by atoms with E-state index in [-0.39, 0.29) is 0 Å². The molecule has 0 spiro atoms. The lowest BCUT2D eigenvalue weighted by Gasteiger charge is -2.08. The summed E-state index contributed by atoms with van der Waals surface area (Å²) >= 11 is 5.86. The first kappa shape index (κ1) is 10.1. The van der Waals surface area contributed by atoms with Crippen LogP contribution >= 0.6 is 11.6 Å². The molecule has 0 aliphatic heterocycles. The predicted molar refractivity (Wildman–Crippen MR) is 56.5 cm³/mol. The highest BCUT2D eigenvalue weighted by atomic mass is 35.5. The highest BCUT2D eigenvalue weighted by Gasteiger charge is 2.01. The average Bonchev–Trinajstić information content (AvgIpc) is 2.10. The maximum absolute atomic E-state index is 5.86. The van der Waals surface area contributed by atoms with Crippen LogP contribution in [0.4, 0.5) is 0 Å². The molecule has 0 amide bonds. The van der Waals surface area contributed by atoms with E-state index >= 15 is 0 Å². The molecule has 0 heterocycles. The standard InChI is InChI=1S/C11H13ClO/c1-3-5-9-8-10(12)6-7-11(9)13-4-2/h3,6-8H,1,4-5H2,2H3. The van der Waals surface area contributed by atoms with Gasteiger partial charge in [0.25, 0.3) is 0 Å². The van der Waals surface area contributed by atoms with Gasteiger partial charge in [0.2, 0.25) is 0 Å². The van der Waals surface area contributed by atoms with Crippen molar-refractivity contribution in [2.75, 3.05) is 6.61 Å². The second-order valence-electron chi connectivity index (χ2n) is 2.68. The fourth-order valence-electron chi connectivity index (χ4n) is 1.16. The molecule has 0 aliphatic rings. The summed E-state index contributed by atoms with van der Waals surface area (Å²) in [7, 11) is 0. The molecule has 1 rings (SSSR count). The van der Waals surface area contributed by atoms with Crippen LogP contribution in [0.3, 0.4) is 0 Å². The van der Waals surface area contributed by atoms with Gasteiger partial charge in [0.15, 0.2) is 0 Å². The first-order valence-electron chi connectivity index (χ1n) is 4.30. The minimum Gasteiger partial charge on any atom is -0.494 e. The summed E-state index contributed by atoms with van der Waals surface area (Å²) in [5.41, 5.74) is 1.09. The van der Waals surface area contributed by atoms with E-state index in [1.165, 1.54) is 0 Å². The van der Waals surface area contributed by atoms with Crippen molar-refractivity contribution >= 4 is 11.6 Å². The lowest BCUT2D eigenvalue weighted by Crippen LogP contribution is -1.95. The van der Waals surface area contributed by atoms with Crippen molar-refractivity contribution < 1.29 is 4.74 Å². The SMILES string of the molecule is C=CCc1cc(Cl)ccc1OCC. The van der Waals surface area contributed by atoms with Crippen LogP contribution in [0.2, 0.25) is 5.02 Å². The molecule has 0 atom stereocenters. The van der Waals surface area contributed by atoms with Gasteiger partial charge in [-0.3, -0.25) is 0 Å². The average molecular weight is 197 g/mol. The lowest BCUT2D eigenvalue weighted by atomic mass is 10.1. The number of allylic oxidation sites excluding steroid dienone is 1. The highest BCUT2D eigenvalue weighted by Crippen LogP contribution is 2.23. The van der Waals surface area contributed by atoms with Crippen LogP contribution < -0.4 is 4.74 Å². The number of halogens is 1. The molecule has 13 heavy (non-hydrogen) atoms. The van der Waals surface area contributed by atoms with Crippen LogP contribution in [0.15, 0.2) is 30.9 Å². The Balaban J connectivity index is 2.95. The second kappa shape index (κ2) is 4.93. The summed E-state index contributed by atoms with van der Waals surface area (Å²) in [6.45, 7) is 6.33. The minimum atomic E-state index is 0.672. The molecule has 1 aromatic rings. The Hall–Kier alpha value is -0.950. The Morgan fingerprint density at radius 3 is 2.92 bits per heavy atom. The van der Waals surface area contributed by atoms with Gasteiger partial charge in [-0.25, -0.2) is 0 Å². The molecule has 1 aromatic carbocycles. The third-order valence-corrected chi connectivity index (χ3v) is 1.92. The maximum atomic E-state index is 5.86. The van der Waals surface area contributed by atoms with Gasteiger partial charge in [0.1, 0.15) is 5.75 Å². The summed E-state index contributed by atoms with van der Waals surface area (Å²) in [5.74, 6) is 0.895. The molecule has 0 unspecified atom stereocenters. The van der Waals surface area contributed by atoms with E-state index in [0.29, 0.717) is 6.61 Å². The molecule has 0 saturated carbocycles. The van der Waals surface area contributed by atoms with Crippen molar-refractivity contribution in [3.63, 3.8) is 0 Å². The first-order chi connectivity index (χ1) is 6.27. The maximum Gasteiger partial charge on any atom is 0.122 e. The molecule has 0 N–H and O–H groups in total. The lowest BCUT2D eigenvalue weighted by molar-refractivity contribution is 0.337. The summed E-state index contributed by atoms with van der Waals surface area (Å²) in [6, 6.07) is 5.64. The van der Waals surface area contributed by atoms with Gasteiger partial charge in [-0.05, 0) is 37.1 Å². The second-order valence-corrected chi connectivity index (χ2v) is 3.11. The van der Waals surface area contributed by atoms with E-state index in [4.69, 9.17) is 16.3 Å². The molecule has 0 bridgehead atoms. The summed E-state index contributed by atoms with van der Waals surface area (Å²) in [4.78, 5) is 0. The molecular weight excluding hydrogens is 184 g/mol. The fraction of sp³-hybridized carbons (Fsp3) is 0.273. The van der Waals surface area contributed by atoms with E-state index in [1.807, 2.05) is 31.2 Å². The minimum absolute atomic E-state index is 0.672. The molecule has 0 saturated heterocycles. The number of hydrogen-bond donors (Lipinski definition) is 0. The van der Waals surface area contributed by atoms with E-state index in [2.05, 4.69) is 6.58 Å². The zero-order chi connectivity index (χ0) is 9.68. The van der Waals surface area contributed by atoms with Crippen molar-refractivity contribution in [3.05, 3.63) is 41.4 Å². The van der Waals surface area contributed by atoms with Crippen molar-refractivity contribution in [2.45, 2.75) is 13.3 Å². The van der Waals surface area contributed by atoms with Gasteiger partial charge >= 0.3 is 0 Å². The smallest absolute Gasteiger partial charge is 0.122 e. The third kappa shape index (κ3) is 2.78. The topological polar surface area (TPSA) is 9.23 Å². The third-order valence-electron chi connectivity index (χ3n) is 1.69. The van der Waals surface area contributed by atoms with Crippen molar-refractivity contribution in [1.29, 1.82) is 0 Å². The number of hydrogen-bond acceptors (Lipinski definition) is 1. The Labute approximate surface area is 84.0 Å². The number of ether oxygens (including phenoxy) is 1. The van der Waals surface area contributed by atoms with Crippen LogP contribution in [0.5, 0.6) is 5.75 Å². The van der Waals surface area contributed by atoms with E-state index in [1.54, 1.807) is 0 Å². The molecule has 2 heteroatoms. The molecule has 0 aliphatic carbocycles. The highest BCUT2D eigenvalue weighted by molar-refractivity contribution is 6.30. The fourth-order valence-corrected chi connectivity index (χ4v) is 1.35. The molecule has 70 valence electrons. The van der Waals surface area contributed by atoms with Crippen molar-refractivity contribution in [3.8, 4) is 5.75 Å². The normalized spacial score (nSPS) is 9.69. The summed E-state index contributed by atoms with van der Waals surface area (Å²) in [5, 5.41) is 0.736. The molecule has 1 nitrogen and oxygen atoms in total. The van der Waals surface area contributed by atoms with Gasteiger partial charge < -0.3 is 4.74 Å². The Morgan fingerprint density at radius 1 is 1.54 bits per heavy atom. The van der Waals surface area contributed by atoms with Crippen LogP contribution in [-0.4, -0.2) is 6.61 Å². The van der Waals surface area contributed by atoms with Crippen LogP contribution in [0.25, 0.3) is 0 Å². The van der Waals surface area contributed by atoms with Gasteiger partial charge in [0, 0.05) is 5.02 Å². The van der Waals surface area contributed by atoms with E-state index in [0.717, 1.165) is 22.8 Å². The van der Waals surface area contributed by atoms with Crippen LogP contribution in [0.1, 0.15) is 12.5 Å². The van der Waals surface area contributed by atoms with Gasteiger partial charge in [-0.15, -0.1) is 6.58 Å². The molecule has 0 radical (unpaired) electrons. The van der Waals surface area contributed by atoms with Crippen LogP contribution in [0, 0.1) is 0 Å². The van der Waals surface area contributed by atoms with Gasteiger partial charge in [-0.2, -0.15) is 0 Å². The van der Waals surface area contributed by atoms with Crippen LogP contribution in [-0.2, 0) is 6.42 Å². The van der Waals surface area contributed by atoms with Crippen molar-refractivity contribution in [1.82, 2.24) is 0 Å². The number of benzene rings is 1. The predicted octanol–water partition coefficient (Wildman–Crippen LogP) is 3.47. The van der Waals surface area contributed by atoms with Gasteiger partial charge in [0.05, 0.1) is 6.61 Å². The van der Waals surface area contributed by atoms with Crippen molar-refractivity contribution in [2.24, 2.45) is 0 Å². The Kier molecular flexibility index (Phi) is 3.84. The molecule has 0 fully saturated rings. The Morgan fingerprint density at radius 2 is 2.31 bits per heavy atom. The largest absolute Gasteiger partial charge is 0.494 e. The molecular formula is C11H13ClO. The van der Waals surface area contributed by atoms with E-state index < -0.39 is 0 Å². The molecule has 0 aromatic heterocycles. The zero-order valence-corrected chi connectivity index (χ0v) is 8.47. The number of rotatable bonds is 4. The summed E-state index contributed by atoms with van der Waals surface area (Å²) in [6.07, 6.45) is 2.63. The Bertz CT molecular complexity index is 294. The van der Waals surface area contributed by atoms with Gasteiger partial charge in [-0.1, -0.05) is 17.7 Å². The summed E-state index contributed by atoms with van der Waals surface area (Å²) < 4.78 is 5.44. The zero-order valence-electron chi connectivity index (χ0n) is 7.72. The quantitative estimate of drug-likeness (QED) is 0.671. The monoisotopic (exact) mass is 196 g/mol.